The molecule has 12 heteroatoms. The molecule has 37 heavy (non-hydrogen) atoms. The number of hydrogen-bond acceptors (Lipinski definition) is 9. The Morgan fingerprint density at radius 1 is 1.32 bits per heavy atom. The molecule has 3 aromatic rings. The van der Waals surface area contributed by atoms with Gasteiger partial charge in [0, 0.05) is 18.8 Å². The van der Waals surface area contributed by atoms with Crippen molar-refractivity contribution in [3.05, 3.63) is 54.1 Å². The number of carbonyl (C=O) groups is 1. The first-order chi connectivity index (χ1) is 18.1. The summed E-state index contributed by atoms with van der Waals surface area (Å²) in [5, 5.41) is 17.6. The highest BCUT2D eigenvalue weighted by molar-refractivity contribution is 5.91. The maximum atomic E-state index is 13.7. The van der Waals surface area contributed by atoms with Crippen LogP contribution in [0, 0.1) is 18.0 Å². The maximum absolute atomic E-state index is 13.7. The van der Waals surface area contributed by atoms with Gasteiger partial charge in [-0.15, -0.1) is 5.10 Å². The van der Waals surface area contributed by atoms with Crippen LogP contribution in [-0.2, 0) is 11.3 Å². The summed E-state index contributed by atoms with van der Waals surface area (Å²) < 4.78 is 18.9. The van der Waals surface area contributed by atoms with Crippen molar-refractivity contribution < 1.29 is 18.7 Å². The number of benzene rings is 1. The highest BCUT2D eigenvalue weighted by Crippen LogP contribution is 2.37. The zero-order valence-electron chi connectivity index (χ0n) is 19.9. The van der Waals surface area contributed by atoms with Crippen LogP contribution in [0.15, 0.2) is 41.2 Å². The first-order valence-corrected chi connectivity index (χ1v) is 12.2. The molecule has 2 saturated heterocycles. The maximum Gasteiger partial charge on any atom is 0.310 e. The zero-order chi connectivity index (χ0) is 25.4. The Morgan fingerprint density at radius 2 is 2.19 bits per heavy atom. The van der Waals surface area contributed by atoms with Gasteiger partial charge in [-0.1, -0.05) is 11.3 Å². The molecule has 2 atom stereocenters. The van der Waals surface area contributed by atoms with Gasteiger partial charge in [0.25, 0.3) is 5.89 Å². The Kier molecular flexibility index (Phi) is 5.94. The van der Waals surface area contributed by atoms with Crippen LogP contribution in [-0.4, -0.2) is 79.7 Å². The fourth-order valence-corrected chi connectivity index (χ4v) is 4.87. The lowest BCUT2D eigenvalue weighted by atomic mass is 10.1. The minimum atomic E-state index is -0.297. The van der Waals surface area contributed by atoms with E-state index in [0.29, 0.717) is 55.5 Å². The summed E-state index contributed by atoms with van der Waals surface area (Å²) >= 11 is 0. The van der Waals surface area contributed by atoms with Crippen molar-refractivity contribution in [2.24, 2.45) is 0 Å². The van der Waals surface area contributed by atoms with E-state index in [1.165, 1.54) is 6.20 Å². The fourth-order valence-electron chi connectivity index (χ4n) is 4.87. The third-order valence-corrected chi connectivity index (χ3v) is 6.91. The number of ether oxygens (including phenoxy) is 2. The van der Waals surface area contributed by atoms with E-state index in [-0.39, 0.29) is 36.0 Å². The number of amides is 1. The lowest BCUT2D eigenvalue weighted by Gasteiger charge is -2.27. The standard InChI is InChI=1S/C25H24N8O4/c1-27-16-2-5-22(36-20-13-35-14-20)21(8-16)23-10-28-24(37-23)25(34)33(17-3-4-17)19-9-18(31(11-19)15-26)12-32-7-6-29-30-32/h2,5-8,10,17-20H,3-4,9,11-14H2/t18-,19+/m0/s1. The quantitative estimate of drug-likeness (QED) is 0.339. The third-order valence-electron chi connectivity index (χ3n) is 6.91. The zero-order valence-corrected chi connectivity index (χ0v) is 19.9. The van der Waals surface area contributed by atoms with Gasteiger partial charge in [-0.2, -0.15) is 5.26 Å². The van der Waals surface area contributed by atoms with E-state index in [9.17, 15) is 10.1 Å². The van der Waals surface area contributed by atoms with Crippen LogP contribution in [0.5, 0.6) is 5.75 Å². The van der Waals surface area contributed by atoms with Crippen LogP contribution in [0.3, 0.4) is 0 Å². The smallest absolute Gasteiger partial charge is 0.310 e. The van der Waals surface area contributed by atoms with E-state index < -0.39 is 0 Å². The van der Waals surface area contributed by atoms with Gasteiger partial charge in [-0.05, 0) is 31.4 Å². The summed E-state index contributed by atoms with van der Waals surface area (Å²) in [6.07, 6.45) is 9.51. The molecule has 0 unspecified atom stereocenters. The van der Waals surface area contributed by atoms with Gasteiger partial charge in [0.2, 0.25) is 0 Å². The van der Waals surface area contributed by atoms with Gasteiger partial charge in [0.05, 0.1) is 56.4 Å². The highest BCUT2D eigenvalue weighted by Gasteiger charge is 2.44. The summed E-state index contributed by atoms with van der Waals surface area (Å²) in [5.41, 5.74) is 0.992. The van der Waals surface area contributed by atoms with E-state index in [0.717, 1.165) is 12.8 Å². The SMILES string of the molecule is [C-]#[N+]c1ccc(OC2COC2)c(-c2cnc(C(=O)N(C3CC3)[C@@H]3C[C@@H](Cn4ccnn4)N(C#N)C3)o2)c1. The largest absolute Gasteiger partial charge is 0.485 e. The second-order valence-corrected chi connectivity index (χ2v) is 9.46. The van der Waals surface area contributed by atoms with Crippen molar-refractivity contribution in [3.8, 4) is 23.3 Å². The van der Waals surface area contributed by atoms with Crippen molar-refractivity contribution in [1.82, 2.24) is 29.8 Å². The second-order valence-electron chi connectivity index (χ2n) is 9.46. The van der Waals surface area contributed by atoms with Crippen LogP contribution in [0.2, 0.25) is 0 Å². The predicted molar refractivity (Wildman–Crippen MR) is 127 cm³/mol. The van der Waals surface area contributed by atoms with Gasteiger partial charge < -0.3 is 23.7 Å². The van der Waals surface area contributed by atoms with Gasteiger partial charge in [-0.25, -0.2) is 9.83 Å². The van der Waals surface area contributed by atoms with Crippen LogP contribution in [0.1, 0.15) is 29.9 Å². The Hall–Kier alpha value is -4.42. The van der Waals surface area contributed by atoms with Gasteiger partial charge in [0.15, 0.2) is 17.6 Å². The molecule has 1 saturated carbocycles. The lowest BCUT2D eigenvalue weighted by Crippen LogP contribution is -2.43. The number of aromatic nitrogens is 4. The minimum absolute atomic E-state index is 0.0173. The normalized spacial score (nSPS) is 21.2. The predicted octanol–water partition coefficient (Wildman–Crippen LogP) is 2.49. The third kappa shape index (κ3) is 4.59. The molecule has 188 valence electrons. The van der Waals surface area contributed by atoms with E-state index in [4.69, 9.17) is 20.5 Å². The monoisotopic (exact) mass is 500 g/mol. The Bertz CT molecular complexity index is 1370. The summed E-state index contributed by atoms with van der Waals surface area (Å²) in [6.45, 7) is 9.34. The van der Waals surface area contributed by atoms with E-state index in [2.05, 4.69) is 26.3 Å². The van der Waals surface area contributed by atoms with Crippen LogP contribution in [0.25, 0.3) is 16.2 Å². The molecule has 0 bridgehead atoms. The molecule has 12 nitrogen and oxygen atoms in total. The second kappa shape index (κ2) is 9.56. The molecule has 1 amide bonds. The van der Waals surface area contributed by atoms with Crippen molar-refractivity contribution in [3.63, 3.8) is 0 Å². The summed E-state index contributed by atoms with van der Waals surface area (Å²) in [4.78, 5) is 25.0. The molecule has 4 heterocycles. The minimum Gasteiger partial charge on any atom is -0.485 e. The molecule has 1 aromatic carbocycles. The topological polar surface area (TPSA) is 127 Å². The lowest BCUT2D eigenvalue weighted by molar-refractivity contribution is -0.0794. The van der Waals surface area contributed by atoms with Crippen LogP contribution >= 0.6 is 0 Å². The average Bonchev–Trinajstić information content (AvgIpc) is 3.27. The molecule has 0 radical (unpaired) electrons. The molecule has 3 aliphatic rings. The van der Waals surface area contributed by atoms with Crippen molar-refractivity contribution >= 4 is 11.6 Å². The molecular weight excluding hydrogens is 476 g/mol. The number of likely N-dealkylation sites (tertiary alicyclic amines) is 1. The van der Waals surface area contributed by atoms with Crippen LogP contribution < -0.4 is 4.74 Å². The summed E-state index contributed by atoms with van der Waals surface area (Å²) in [7, 11) is 0. The van der Waals surface area contributed by atoms with Gasteiger partial charge >= 0.3 is 5.91 Å². The average molecular weight is 501 g/mol. The first-order valence-electron chi connectivity index (χ1n) is 12.2. The number of oxazole rings is 1. The molecule has 3 fully saturated rings. The number of hydrogen-bond donors (Lipinski definition) is 0. The summed E-state index contributed by atoms with van der Waals surface area (Å²) in [5.74, 6) is 0.589. The summed E-state index contributed by atoms with van der Waals surface area (Å²) in [6, 6.07) is 4.95. The van der Waals surface area contributed by atoms with Crippen molar-refractivity contribution in [2.45, 2.75) is 50.0 Å². The van der Waals surface area contributed by atoms with Gasteiger partial charge in [-0.3, -0.25) is 9.48 Å². The van der Waals surface area contributed by atoms with Crippen molar-refractivity contribution in [1.29, 1.82) is 5.26 Å². The molecule has 2 aromatic heterocycles. The molecule has 6 rings (SSSR count). The number of nitrogens with zero attached hydrogens (tertiary/aromatic N) is 8. The fraction of sp³-hybridized carbons (Fsp3) is 0.440. The van der Waals surface area contributed by atoms with Gasteiger partial charge in [0.1, 0.15) is 11.9 Å². The highest BCUT2D eigenvalue weighted by atomic mass is 16.6. The van der Waals surface area contributed by atoms with E-state index >= 15 is 0 Å². The van der Waals surface area contributed by atoms with E-state index in [1.54, 1.807) is 40.2 Å². The number of carbonyl (C=O) groups excluding carboxylic acids is 1. The number of rotatable bonds is 8. The molecule has 1 aliphatic carbocycles. The van der Waals surface area contributed by atoms with Crippen molar-refractivity contribution in [2.75, 3.05) is 19.8 Å². The van der Waals surface area contributed by atoms with E-state index in [1.807, 2.05) is 4.90 Å². The first kappa shape index (κ1) is 23.0. The Balaban J connectivity index is 1.23. The molecular formula is C25H24N8O4. The molecule has 0 spiro atoms. The molecule has 0 N–H and O–H groups in total. The molecule has 2 aliphatic heterocycles. The van der Waals surface area contributed by atoms with Crippen LogP contribution in [0.4, 0.5) is 5.69 Å². The Labute approximate surface area is 212 Å². The number of nitriles is 1. The Morgan fingerprint density at radius 3 is 2.86 bits per heavy atom.